The van der Waals surface area contributed by atoms with Crippen LogP contribution in [0, 0.1) is 12.8 Å². The number of nitrogen functional groups attached to an aromatic ring is 1. The Bertz CT molecular complexity index is 336. The Morgan fingerprint density at radius 2 is 2.12 bits per heavy atom. The maximum absolute atomic E-state index is 5.85. The third kappa shape index (κ3) is 3.16. The molecule has 0 heterocycles. The van der Waals surface area contributed by atoms with E-state index >= 15 is 0 Å². The van der Waals surface area contributed by atoms with Crippen LogP contribution in [0.5, 0.6) is 0 Å². The molecule has 1 aromatic rings. The fourth-order valence-electron chi connectivity index (χ4n) is 2.22. The predicted molar refractivity (Wildman–Crippen MR) is 70.6 cm³/mol. The van der Waals surface area contributed by atoms with Gasteiger partial charge in [0.1, 0.15) is 0 Å². The monoisotopic (exact) mass is 218 g/mol. The normalized spacial score (nSPS) is 17.1. The third-order valence-corrected chi connectivity index (χ3v) is 3.28. The van der Waals surface area contributed by atoms with E-state index in [1.807, 2.05) is 12.1 Å². The molecule has 1 fully saturated rings. The van der Waals surface area contributed by atoms with Gasteiger partial charge in [-0.05, 0) is 49.4 Å². The lowest BCUT2D eigenvalue weighted by molar-refractivity contribution is 0.587. The van der Waals surface area contributed by atoms with Crippen molar-refractivity contribution in [1.82, 2.24) is 0 Å². The highest BCUT2D eigenvalue weighted by atomic mass is 14.9. The fraction of sp³-hybridized carbons (Fsp3) is 0.571. The molecule has 2 nitrogen and oxygen atoms in total. The summed E-state index contributed by atoms with van der Waals surface area (Å²) < 4.78 is 0. The molecule has 1 unspecified atom stereocenters. The van der Waals surface area contributed by atoms with Gasteiger partial charge in [0.2, 0.25) is 0 Å². The zero-order chi connectivity index (χ0) is 11.5. The highest BCUT2D eigenvalue weighted by molar-refractivity contribution is 5.57. The van der Waals surface area contributed by atoms with Crippen LogP contribution in [-0.4, -0.2) is 6.04 Å². The van der Waals surface area contributed by atoms with E-state index in [2.05, 4.69) is 25.2 Å². The molecular formula is C14H22N2. The molecule has 1 aliphatic rings. The van der Waals surface area contributed by atoms with Crippen molar-refractivity contribution in [2.45, 2.75) is 45.6 Å². The second-order valence-electron chi connectivity index (χ2n) is 5.06. The number of nitrogens with one attached hydrogen (secondary N) is 1. The lowest BCUT2D eigenvalue weighted by atomic mass is 10.1. The lowest BCUT2D eigenvalue weighted by Crippen LogP contribution is -2.19. The van der Waals surface area contributed by atoms with E-state index in [0.29, 0.717) is 6.04 Å². The zero-order valence-electron chi connectivity index (χ0n) is 10.3. The van der Waals surface area contributed by atoms with E-state index in [1.54, 1.807) is 0 Å². The molecular weight excluding hydrogens is 196 g/mol. The van der Waals surface area contributed by atoms with Crippen molar-refractivity contribution in [2.75, 3.05) is 11.1 Å². The van der Waals surface area contributed by atoms with Gasteiger partial charge in [-0.1, -0.05) is 19.8 Å². The molecule has 16 heavy (non-hydrogen) atoms. The molecule has 0 aromatic heterocycles. The Morgan fingerprint density at radius 3 is 2.69 bits per heavy atom. The minimum atomic E-state index is 0.605. The second-order valence-corrected chi connectivity index (χ2v) is 5.06. The molecule has 0 amide bonds. The Kier molecular flexibility index (Phi) is 3.37. The summed E-state index contributed by atoms with van der Waals surface area (Å²) in [5, 5.41) is 3.60. The third-order valence-electron chi connectivity index (χ3n) is 3.28. The van der Waals surface area contributed by atoms with Gasteiger partial charge in [-0.25, -0.2) is 0 Å². The lowest BCUT2D eigenvalue weighted by Gasteiger charge is -2.18. The maximum atomic E-state index is 5.85. The summed E-state index contributed by atoms with van der Waals surface area (Å²) in [5.74, 6) is 0.972. The van der Waals surface area contributed by atoms with Crippen LogP contribution in [0.25, 0.3) is 0 Å². The molecule has 1 atom stereocenters. The first-order valence-electron chi connectivity index (χ1n) is 6.31. The van der Waals surface area contributed by atoms with Crippen LogP contribution in [0.3, 0.4) is 0 Å². The fourth-order valence-corrected chi connectivity index (χ4v) is 2.22. The minimum Gasteiger partial charge on any atom is -0.399 e. The number of hydrogen-bond donors (Lipinski definition) is 2. The predicted octanol–water partition coefficient (Wildman–Crippen LogP) is 3.57. The Labute approximate surface area is 98.2 Å². The van der Waals surface area contributed by atoms with Crippen molar-refractivity contribution < 1.29 is 0 Å². The number of rotatable bonds is 5. The van der Waals surface area contributed by atoms with E-state index in [-0.39, 0.29) is 0 Å². The Morgan fingerprint density at radius 1 is 1.38 bits per heavy atom. The van der Waals surface area contributed by atoms with Gasteiger partial charge in [-0.3, -0.25) is 0 Å². The van der Waals surface area contributed by atoms with Gasteiger partial charge >= 0.3 is 0 Å². The summed E-state index contributed by atoms with van der Waals surface area (Å²) in [6.07, 6.45) is 5.34. The van der Waals surface area contributed by atoms with Crippen LogP contribution in [0.2, 0.25) is 0 Å². The van der Waals surface area contributed by atoms with Gasteiger partial charge in [-0.2, -0.15) is 0 Å². The molecule has 0 bridgehead atoms. The zero-order valence-corrected chi connectivity index (χ0v) is 10.3. The number of nitrogens with two attached hydrogens (primary N) is 1. The van der Waals surface area contributed by atoms with E-state index in [4.69, 9.17) is 5.73 Å². The van der Waals surface area contributed by atoms with Gasteiger partial charge in [-0.15, -0.1) is 0 Å². The van der Waals surface area contributed by atoms with Gasteiger partial charge in [0, 0.05) is 17.4 Å². The summed E-state index contributed by atoms with van der Waals surface area (Å²) in [7, 11) is 0. The molecule has 2 rings (SSSR count). The first-order valence-corrected chi connectivity index (χ1v) is 6.31. The SMILES string of the molecule is CCC(CC1CC1)Nc1cc(C)cc(N)c1. The van der Waals surface area contributed by atoms with Crippen LogP contribution < -0.4 is 11.1 Å². The molecule has 0 spiro atoms. The van der Waals surface area contributed by atoms with Crippen molar-refractivity contribution in [3.63, 3.8) is 0 Å². The smallest absolute Gasteiger partial charge is 0.0365 e. The standard InChI is InChI=1S/C14H22N2/c1-3-13(8-11-4-5-11)16-14-7-10(2)6-12(15)9-14/h6-7,9,11,13,16H,3-5,8,15H2,1-2H3. The number of anilines is 2. The van der Waals surface area contributed by atoms with Crippen LogP contribution in [0.4, 0.5) is 11.4 Å². The molecule has 0 radical (unpaired) electrons. The summed E-state index contributed by atoms with van der Waals surface area (Å²) in [5.41, 5.74) is 9.10. The molecule has 0 saturated heterocycles. The van der Waals surface area contributed by atoms with Gasteiger partial charge in [0.05, 0.1) is 0 Å². The topological polar surface area (TPSA) is 38.0 Å². The average Bonchev–Trinajstić information content (AvgIpc) is 2.99. The summed E-state index contributed by atoms with van der Waals surface area (Å²) >= 11 is 0. The van der Waals surface area contributed by atoms with Crippen molar-refractivity contribution in [3.05, 3.63) is 23.8 Å². The van der Waals surface area contributed by atoms with Crippen molar-refractivity contribution in [1.29, 1.82) is 0 Å². The number of hydrogen-bond acceptors (Lipinski definition) is 2. The highest BCUT2D eigenvalue weighted by Gasteiger charge is 2.24. The van der Waals surface area contributed by atoms with Gasteiger partial charge in [0.15, 0.2) is 0 Å². The second kappa shape index (κ2) is 4.77. The number of benzene rings is 1. The highest BCUT2D eigenvalue weighted by Crippen LogP contribution is 2.35. The molecule has 2 heteroatoms. The van der Waals surface area contributed by atoms with Crippen LogP contribution in [-0.2, 0) is 0 Å². The van der Waals surface area contributed by atoms with Crippen molar-refractivity contribution in [3.8, 4) is 0 Å². The van der Waals surface area contributed by atoms with E-state index in [0.717, 1.165) is 11.6 Å². The first kappa shape index (κ1) is 11.3. The van der Waals surface area contributed by atoms with Gasteiger partial charge < -0.3 is 11.1 Å². The molecule has 1 saturated carbocycles. The van der Waals surface area contributed by atoms with Crippen molar-refractivity contribution in [2.24, 2.45) is 5.92 Å². The quantitative estimate of drug-likeness (QED) is 0.741. The van der Waals surface area contributed by atoms with E-state index < -0.39 is 0 Å². The molecule has 0 aliphatic heterocycles. The summed E-state index contributed by atoms with van der Waals surface area (Å²) in [6, 6.07) is 6.82. The largest absolute Gasteiger partial charge is 0.399 e. The Hall–Kier alpha value is -1.18. The molecule has 1 aromatic carbocycles. The van der Waals surface area contributed by atoms with E-state index in [9.17, 15) is 0 Å². The molecule has 3 N–H and O–H groups in total. The minimum absolute atomic E-state index is 0.605. The molecule has 88 valence electrons. The van der Waals surface area contributed by atoms with Crippen LogP contribution in [0.1, 0.15) is 38.2 Å². The Balaban J connectivity index is 1.99. The maximum Gasteiger partial charge on any atom is 0.0365 e. The first-order chi connectivity index (χ1) is 7.67. The molecule has 1 aliphatic carbocycles. The average molecular weight is 218 g/mol. The van der Waals surface area contributed by atoms with Gasteiger partial charge in [0.25, 0.3) is 0 Å². The van der Waals surface area contributed by atoms with Crippen LogP contribution in [0.15, 0.2) is 18.2 Å². The van der Waals surface area contributed by atoms with Crippen molar-refractivity contribution >= 4 is 11.4 Å². The number of aryl methyl sites for hydroxylation is 1. The summed E-state index contributed by atoms with van der Waals surface area (Å²) in [6.45, 7) is 4.34. The van der Waals surface area contributed by atoms with E-state index in [1.165, 1.54) is 36.9 Å². The summed E-state index contributed by atoms with van der Waals surface area (Å²) in [4.78, 5) is 0. The van der Waals surface area contributed by atoms with Crippen LogP contribution >= 0.6 is 0 Å².